The van der Waals surface area contributed by atoms with Crippen molar-refractivity contribution >= 4 is 10.1 Å². The standard InChI is InChI=1S/C6H3F3O3S.K/c7-3-1-5(9)6(2-4(3)8)13(10,11)12;/h1-2H,(H,10,11,12);/q;+1/p-1. The number of rotatable bonds is 1. The summed E-state index contributed by atoms with van der Waals surface area (Å²) >= 11 is 0. The fourth-order valence-electron chi connectivity index (χ4n) is 0.696. The van der Waals surface area contributed by atoms with Crippen molar-refractivity contribution in [2.24, 2.45) is 0 Å². The number of hydrogen-bond acceptors (Lipinski definition) is 3. The molecule has 0 spiro atoms. The van der Waals surface area contributed by atoms with Gasteiger partial charge < -0.3 is 4.55 Å². The van der Waals surface area contributed by atoms with Crippen LogP contribution in [0.3, 0.4) is 0 Å². The summed E-state index contributed by atoms with van der Waals surface area (Å²) in [6.45, 7) is 0. The van der Waals surface area contributed by atoms with E-state index in [0.29, 0.717) is 0 Å². The minimum absolute atomic E-state index is 0. The Balaban J connectivity index is 0.00000169. The maximum atomic E-state index is 12.5. The van der Waals surface area contributed by atoms with Gasteiger partial charge in [-0.25, -0.2) is 21.6 Å². The summed E-state index contributed by atoms with van der Waals surface area (Å²) < 4.78 is 67.8. The molecule has 0 heterocycles. The number of benzene rings is 1. The molecule has 0 aliphatic heterocycles. The second-order valence-corrected chi connectivity index (χ2v) is 3.50. The van der Waals surface area contributed by atoms with Crippen LogP contribution in [0.25, 0.3) is 0 Å². The van der Waals surface area contributed by atoms with Gasteiger partial charge in [-0.1, -0.05) is 0 Å². The molecule has 0 atom stereocenters. The molecule has 0 aliphatic carbocycles. The molecule has 0 bridgehead atoms. The molecule has 0 saturated carbocycles. The molecule has 0 radical (unpaired) electrons. The molecule has 1 rings (SSSR count). The predicted molar refractivity (Wildman–Crippen MR) is 34.3 cm³/mol. The van der Waals surface area contributed by atoms with E-state index >= 15 is 0 Å². The Morgan fingerprint density at radius 3 is 1.86 bits per heavy atom. The van der Waals surface area contributed by atoms with Gasteiger partial charge in [-0.05, 0) is 6.07 Å². The Morgan fingerprint density at radius 2 is 1.43 bits per heavy atom. The van der Waals surface area contributed by atoms with Crippen molar-refractivity contribution in [1.82, 2.24) is 0 Å². The zero-order chi connectivity index (χ0) is 10.2. The fourth-order valence-corrected chi connectivity index (χ4v) is 1.24. The van der Waals surface area contributed by atoms with E-state index in [1.165, 1.54) is 0 Å². The van der Waals surface area contributed by atoms with E-state index in [9.17, 15) is 26.1 Å². The molecule has 0 amide bonds. The van der Waals surface area contributed by atoms with E-state index in [2.05, 4.69) is 0 Å². The van der Waals surface area contributed by atoms with Crippen LogP contribution in [0.1, 0.15) is 0 Å². The summed E-state index contributed by atoms with van der Waals surface area (Å²) in [6.07, 6.45) is 0. The van der Waals surface area contributed by atoms with Crippen LogP contribution in [0.5, 0.6) is 0 Å². The first-order valence-corrected chi connectivity index (χ1v) is 4.33. The van der Waals surface area contributed by atoms with Gasteiger partial charge in [0.05, 0.1) is 4.90 Å². The maximum Gasteiger partial charge on any atom is 1.00 e. The van der Waals surface area contributed by atoms with Crippen LogP contribution in [0.4, 0.5) is 13.2 Å². The summed E-state index contributed by atoms with van der Waals surface area (Å²) in [5, 5.41) is 0. The third kappa shape index (κ3) is 3.30. The monoisotopic (exact) mass is 250 g/mol. The van der Waals surface area contributed by atoms with Gasteiger partial charge in [-0.15, -0.1) is 0 Å². The van der Waals surface area contributed by atoms with E-state index in [1.807, 2.05) is 0 Å². The van der Waals surface area contributed by atoms with Gasteiger partial charge in [0.1, 0.15) is 15.9 Å². The fraction of sp³-hybridized carbons (Fsp3) is 0. The average Bonchev–Trinajstić information content (AvgIpc) is 1.94. The second kappa shape index (κ2) is 5.06. The van der Waals surface area contributed by atoms with Crippen molar-refractivity contribution in [1.29, 1.82) is 0 Å². The number of hydrogen-bond donors (Lipinski definition) is 0. The molecule has 0 saturated heterocycles. The summed E-state index contributed by atoms with van der Waals surface area (Å²) in [6, 6.07) is 0.00706. The second-order valence-electron chi connectivity index (χ2n) is 2.15. The molecule has 72 valence electrons. The van der Waals surface area contributed by atoms with Crippen molar-refractivity contribution in [3.8, 4) is 0 Å². The van der Waals surface area contributed by atoms with E-state index < -0.39 is 32.5 Å². The first kappa shape index (κ1) is 14.6. The molecule has 1 aromatic rings. The molecular formula is C6H2F3KO3S. The SMILES string of the molecule is O=S(=O)([O-])c1cc(F)c(F)cc1F.[K+]. The van der Waals surface area contributed by atoms with E-state index in [0.717, 1.165) is 0 Å². The molecule has 0 unspecified atom stereocenters. The van der Waals surface area contributed by atoms with Gasteiger partial charge in [0, 0.05) is 6.07 Å². The molecule has 14 heavy (non-hydrogen) atoms. The van der Waals surface area contributed by atoms with Gasteiger partial charge >= 0.3 is 51.4 Å². The number of halogens is 3. The van der Waals surface area contributed by atoms with Crippen LogP contribution in [0.15, 0.2) is 17.0 Å². The molecule has 0 aliphatic rings. The summed E-state index contributed by atoms with van der Waals surface area (Å²) in [5.74, 6) is -4.74. The van der Waals surface area contributed by atoms with Crippen LogP contribution < -0.4 is 51.4 Å². The van der Waals surface area contributed by atoms with Crippen molar-refractivity contribution in [3.63, 3.8) is 0 Å². The zero-order valence-electron chi connectivity index (χ0n) is 6.92. The maximum absolute atomic E-state index is 12.5. The smallest absolute Gasteiger partial charge is 0.744 e. The third-order valence-corrected chi connectivity index (χ3v) is 2.10. The van der Waals surface area contributed by atoms with Crippen molar-refractivity contribution in [2.45, 2.75) is 4.90 Å². The minimum atomic E-state index is -5.10. The van der Waals surface area contributed by atoms with Crippen LogP contribution in [0, 0.1) is 17.5 Å². The summed E-state index contributed by atoms with van der Waals surface area (Å²) in [4.78, 5) is -1.40. The van der Waals surface area contributed by atoms with Gasteiger partial charge in [0.25, 0.3) is 0 Å². The quantitative estimate of drug-likeness (QED) is 0.329. The van der Waals surface area contributed by atoms with Crippen molar-refractivity contribution in [2.75, 3.05) is 0 Å². The van der Waals surface area contributed by atoms with E-state index in [1.54, 1.807) is 0 Å². The topological polar surface area (TPSA) is 57.2 Å². The van der Waals surface area contributed by atoms with E-state index in [-0.39, 0.29) is 63.5 Å². The van der Waals surface area contributed by atoms with Gasteiger partial charge in [-0.2, -0.15) is 0 Å². The molecule has 0 N–H and O–H groups in total. The van der Waals surface area contributed by atoms with Crippen LogP contribution in [-0.4, -0.2) is 13.0 Å². The third-order valence-electron chi connectivity index (χ3n) is 1.24. The Kier molecular flexibility index (Phi) is 5.26. The largest absolute Gasteiger partial charge is 1.00 e. The zero-order valence-corrected chi connectivity index (χ0v) is 10.9. The van der Waals surface area contributed by atoms with Crippen LogP contribution >= 0.6 is 0 Å². The summed E-state index contributed by atoms with van der Waals surface area (Å²) in [5.41, 5.74) is 0. The molecule has 1 aromatic carbocycles. The van der Waals surface area contributed by atoms with Gasteiger partial charge in [0.2, 0.25) is 0 Å². The Morgan fingerprint density at radius 1 is 1.00 bits per heavy atom. The van der Waals surface area contributed by atoms with E-state index in [4.69, 9.17) is 0 Å². The van der Waals surface area contributed by atoms with Gasteiger partial charge in [-0.3, -0.25) is 0 Å². The normalized spacial score (nSPS) is 10.9. The molecule has 3 nitrogen and oxygen atoms in total. The van der Waals surface area contributed by atoms with Crippen LogP contribution in [-0.2, 0) is 10.1 Å². The van der Waals surface area contributed by atoms with Crippen LogP contribution in [0.2, 0.25) is 0 Å². The first-order chi connectivity index (χ1) is 5.82. The van der Waals surface area contributed by atoms with Crippen molar-refractivity contribution < 1.29 is 77.5 Å². The van der Waals surface area contributed by atoms with Crippen molar-refractivity contribution in [3.05, 3.63) is 29.6 Å². The first-order valence-electron chi connectivity index (χ1n) is 2.93. The Bertz CT molecular complexity index is 446. The predicted octanol–water partition coefficient (Wildman–Crippen LogP) is -1.99. The Hall–Kier alpha value is 0.556. The molecular weight excluding hydrogens is 248 g/mol. The average molecular weight is 250 g/mol. The minimum Gasteiger partial charge on any atom is -0.744 e. The Labute approximate surface area is 120 Å². The molecule has 0 aromatic heterocycles. The van der Waals surface area contributed by atoms with Gasteiger partial charge in [0.15, 0.2) is 11.6 Å². The molecule has 8 heteroatoms. The summed E-state index contributed by atoms with van der Waals surface area (Å²) in [7, 11) is -5.10. The molecule has 0 fully saturated rings.